The van der Waals surface area contributed by atoms with Crippen LogP contribution in [0.25, 0.3) is 0 Å². The molecule has 1 N–H and O–H groups in total. The van der Waals surface area contributed by atoms with E-state index in [-0.39, 0.29) is 0 Å². The van der Waals surface area contributed by atoms with E-state index >= 15 is 0 Å². The Morgan fingerprint density at radius 2 is 2.19 bits per heavy atom. The van der Waals surface area contributed by atoms with Crippen LogP contribution in [0.5, 0.6) is 5.75 Å². The van der Waals surface area contributed by atoms with Crippen LogP contribution in [-0.2, 0) is 0 Å². The maximum absolute atomic E-state index is 8.91. The van der Waals surface area contributed by atoms with Crippen molar-refractivity contribution in [3.8, 4) is 11.8 Å². The molecule has 0 aliphatic carbocycles. The Labute approximate surface area is 101 Å². The highest BCUT2D eigenvalue weighted by molar-refractivity contribution is 6.30. The van der Waals surface area contributed by atoms with Crippen LogP contribution >= 0.6 is 11.6 Å². The molecule has 0 aliphatic rings. The van der Waals surface area contributed by atoms with E-state index in [2.05, 4.69) is 11.4 Å². The molecule has 0 saturated heterocycles. The van der Waals surface area contributed by atoms with E-state index < -0.39 is 5.41 Å². The number of hydrogen-bond donors (Lipinski definition) is 1. The Bertz CT molecular complexity index is 410. The van der Waals surface area contributed by atoms with Gasteiger partial charge in [-0.1, -0.05) is 11.6 Å². The van der Waals surface area contributed by atoms with E-state index in [1.165, 1.54) is 0 Å². The van der Waals surface area contributed by atoms with E-state index in [0.717, 1.165) is 11.4 Å². The highest BCUT2D eigenvalue weighted by Crippen LogP contribution is 2.28. The molecule has 0 aliphatic heterocycles. The van der Waals surface area contributed by atoms with Crippen molar-refractivity contribution in [3.05, 3.63) is 23.2 Å². The lowest BCUT2D eigenvalue weighted by Crippen LogP contribution is -2.21. The molecule has 0 saturated carbocycles. The third-order valence-electron chi connectivity index (χ3n) is 2.18. The number of hydrogen-bond acceptors (Lipinski definition) is 3. The van der Waals surface area contributed by atoms with Gasteiger partial charge in [0.15, 0.2) is 0 Å². The predicted molar refractivity (Wildman–Crippen MR) is 65.9 cm³/mol. The Kier molecular flexibility index (Phi) is 4.03. The van der Waals surface area contributed by atoms with Crippen molar-refractivity contribution < 1.29 is 4.74 Å². The zero-order valence-electron chi connectivity index (χ0n) is 9.67. The molecule has 4 heteroatoms. The van der Waals surface area contributed by atoms with E-state index in [1.54, 1.807) is 25.3 Å². The van der Waals surface area contributed by atoms with Gasteiger partial charge in [0, 0.05) is 11.6 Å². The second-order valence-corrected chi connectivity index (χ2v) is 4.63. The van der Waals surface area contributed by atoms with Gasteiger partial charge in [-0.15, -0.1) is 0 Å². The maximum Gasteiger partial charge on any atom is 0.142 e. The van der Waals surface area contributed by atoms with Gasteiger partial charge in [-0.05, 0) is 32.0 Å². The van der Waals surface area contributed by atoms with Crippen LogP contribution in [0.2, 0.25) is 5.02 Å². The molecule has 16 heavy (non-hydrogen) atoms. The summed E-state index contributed by atoms with van der Waals surface area (Å²) in [6.07, 6.45) is 0. The summed E-state index contributed by atoms with van der Waals surface area (Å²) < 4.78 is 5.20. The molecule has 0 amide bonds. The number of nitriles is 1. The van der Waals surface area contributed by atoms with Crippen LogP contribution in [0.15, 0.2) is 18.2 Å². The van der Waals surface area contributed by atoms with E-state index in [9.17, 15) is 0 Å². The average Bonchev–Trinajstić information content (AvgIpc) is 2.27. The van der Waals surface area contributed by atoms with Crippen LogP contribution in [0, 0.1) is 16.7 Å². The minimum Gasteiger partial charge on any atom is -0.495 e. The van der Waals surface area contributed by atoms with Crippen molar-refractivity contribution in [1.82, 2.24) is 0 Å². The minimum atomic E-state index is -0.423. The molecular formula is C12H15ClN2O. The van der Waals surface area contributed by atoms with Gasteiger partial charge >= 0.3 is 0 Å². The van der Waals surface area contributed by atoms with Crippen molar-refractivity contribution in [3.63, 3.8) is 0 Å². The summed E-state index contributed by atoms with van der Waals surface area (Å²) >= 11 is 5.90. The molecule has 1 aromatic carbocycles. The smallest absolute Gasteiger partial charge is 0.142 e. The van der Waals surface area contributed by atoms with Crippen molar-refractivity contribution in [2.45, 2.75) is 13.8 Å². The van der Waals surface area contributed by atoms with Crippen molar-refractivity contribution in [1.29, 1.82) is 5.26 Å². The number of halogens is 1. The van der Waals surface area contributed by atoms with Gasteiger partial charge < -0.3 is 10.1 Å². The van der Waals surface area contributed by atoms with Gasteiger partial charge in [0.1, 0.15) is 5.75 Å². The van der Waals surface area contributed by atoms with Crippen LogP contribution < -0.4 is 10.1 Å². The SMILES string of the molecule is COc1ccc(Cl)cc1NCC(C)(C)C#N. The van der Waals surface area contributed by atoms with Crippen LogP contribution in [0.1, 0.15) is 13.8 Å². The number of nitrogens with zero attached hydrogens (tertiary/aromatic N) is 1. The molecule has 0 fully saturated rings. The summed E-state index contributed by atoms with van der Waals surface area (Å²) in [5, 5.41) is 12.7. The summed E-state index contributed by atoms with van der Waals surface area (Å²) in [4.78, 5) is 0. The fourth-order valence-corrected chi connectivity index (χ4v) is 1.35. The largest absolute Gasteiger partial charge is 0.495 e. The predicted octanol–water partition coefficient (Wildman–Crippen LogP) is 3.31. The zero-order chi connectivity index (χ0) is 12.2. The number of nitrogens with one attached hydrogen (secondary N) is 1. The normalized spacial score (nSPS) is 10.7. The second kappa shape index (κ2) is 5.09. The van der Waals surface area contributed by atoms with Crippen molar-refractivity contribution in [2.24, 2.45) is 5.41 Å². The summed E-state index contributed by atoms with van der Waals surface area (Å²) in [6, 6.07) is 7.57. The van der Waals surface area contributed by atoms with Gasteiger partial charge in [-0.2, -0.15) is 5.26 Å². The lowest BCUT2D eigenvalue weighted by atomic mass is 9.96. The van der Waals surface area contributed by atoms with Gasteiger partial charge in [-0.3, -0.25) is 0 Å². The fraction of sp³-hybridized carbons (Fsp3) is 0.417. The van der Waals surface area contributed by atoms with E-state index in [1.807, 2.05) is 13.8 Å². The average molecular weight is 239 g/mol. The molecule has 1 aromatic rings. The first-order chi connectivity index (χ1) is 7.48. The maximum atomic E-state index is 8.91. The molecule has 0 aromatic heterocycles. The molecule has 0 bridgehead atoms. The lowest BCUT2D eigenvalue weighted by molar-refractivity contribution is 0.415. The monoisotopic (exact) mass is 238 g/mol. The molecule has 0 unspecified atom stereocenters. The fourth-order valence-electron chi connectivity index (χ4n) is 1.17. The Morgan fingerprint density at radius 1 is 1.50 bits per heavy atom. The molecule has 1 rings (SSSR count). The summed E-state index contributed by atoms with van der Waals surface area (Å²) in [7, 11) is 1.60. The number of methoxy groups -OCH3 is 1. The van der Waals surface area contributed by atoms with Crippen LogP contribution in [-0.4, -0.2) is 13.7 Å². The molecule has 0 radical (unpaired) electrons. The summed E-state index contributed by atoms with van der Waals surface area (Å²) in [5.41, 5.74) is 0.381. The first-order valence-electron chi connectivity index (χ1n) is 4.97. The number of anilines is 1. The molecular weight excluding hydrogens is 224 g/mol. The highest BCUT2D eigenvalue weighted by Gasteiger charge is 2.17. The third-order valence-corrected chi connectivity index (χ3v) is 2.42. The first-order valence-corrected chi connectivity index (χ1v) is 5.35. The number of ether oxygens (including phenoxy) is 1. The van der Waals surface area contributed by atoms with Gasteiger partial charge in [0.25, 0.3) is 0 Å². The van der Waals surface area contributed by atoms with Crippen LogP contribution in [0.4, 0.5) is 5.69 Å². The number of rotatable bonds is 4. The second-order valence-electron chi connectivity index (χ2n) is 4.19. The van der Waals surface area contributed by atoms with Gasteiger partial charge in [0.05, 0.1) is 24.3 Å². The minimum absolute atomic E-state index is 0.423. The number of benzene rings is 1. The zero-order valence-corrected chi connectivity index (χ0v) is 10.4. The Morgan fingerprint density at radius 3 is 2.75 bits per heavy atom. The van der Waals surface area contributed by atoms with Gasteiger partial charge in [-0.25, -0.2) is 0 Å². The highest BCUT2D eigenvalue weighted by atomic mass is 35.5. The molecule has 0 heterocycles. The van der Waals surface area contributed by atoms with Crippen molar-refractivity contribution >= 4 is 17.3 Å². The molecule has 3 nitrogen and oxygen atoms in total. The Hall–Kier alpha value is -1.40. The first kappa shape index (κ1) is 12.7. The van der Waals surface area contributed by atoms with Crippen molar-refractivity contribution in [2.75, 3.05) is 19.0 Å². The summed E-state index contributed by atoms with van der Waals surface area (Å²) in [5.74, 6) is 0.720. The third kappa shape index (κ3) is 3.32. The van der Waals surface area contributed by atoms with Crippen LogP contribution in [0.3, 0.4) is 0 Å². The standard InChI is InChI=1S/C12H15ClN2O/c1-12(2,7-14)8-15-10-6-9(13)4-5-11(10)16-3/h4-6,15H,8H2,1-3H3. The molecule has 86 valence electrons. The lowest BCUT2D eigenvalue weighted by Gasteiger charge is -2.18. The van der Waals surface area contributed by atoms with E-state index in [0.29, 0.717) is 11.6 Å². The van der Waals surface area contributed by atoms with Gasteiger partial charge in [0.2, 0.25) is 0 Å². The topological polar surface area (TPSA) is 45.0 Å². The quantitative estimate of drug-likeness (QED) is 0.875. The molecule has 0 atom stereocenters. The van der Waals surface area contributed by atoms with E-state index in [4.69, 9.17) is 21.6 Å². The Balaban J connectivity index is 2.81. The molecule has 0 spiro atoms. The summed E-state index contributed by atoms with van der Waals surface area (Å²) in [6.45, 7) is 4.29.